The first-order chi connectivity index (χ1) is 6.39. The van der Waals surface area contributed by atoms with Gasteiger partial charge in [0.1, 0.15) is 10.2 Å². The zero-order valence-corrected chi connectivity index (χ0v) is 9.37. The lowest BCUT2D eigenvalue weighted by Gasteiger charge is -2.15. The van der Waals surface area contributed by atoms with Crippen molar-refractivity contribution in [2.75, 3.05) is 5.32 Å². The van der Waals surface area contributed by atoms with Crippen molar-refractivity contribution in [2.24, 2.45) is 0 Å². The summed E-state index contributed by atoms with van der Waals surface area (Å²) in [4.78, 5) is 19.0. The van der Waals surface area contributed by atoms with Crippen LogP contribution in [0.15, 0.2) is 17.0 Å². The summed E-state index contributed by atoms with van der Waals surface area (Å²) in [6, 6.07) is 0. The molecule has 0 unspecified atom stereocenters. The van der Waals surface area contributed by atoms with Crippen molar-refractivity contribution in [1.29, 1.82) is 0 Å². The van der Waals surface area contributed by atoms with E-state index in [1.54, 1.807) is 0 Å². The molecular weight excluding hydrogens is 250 g/mol. The number of hydrogen-bond donors (Lipinski definition) is 2. The van der Waals surface area contributed by atoms with Crippen LogP contribution in [0.4, 0.5) is 5.82 Å². The van der Waals surface area contributed by atoms with Gasteiger partial charge in [0, 0.05) is 0 Å². The predicted molar refractivity (Wildman–Crippen MR) is 54.7 cm³/mol. The number of nitrogens with zero attached hydrogens (tertiary/aromatic N) is 2. The van der Waals surface area contributed by atoms with Gasteiger partial charge in [0.05, 0.1) is 12.4 Å². The van der Waals surface area contributed by atoms with Crippen LogP contribution in [-0.2, 0) is 4.79 Å². The van der Waals surface area contributed by atoms with E-state index in [2.05, 4.69) is 31.2 Å². The summed E-state index contributed by atoms with van der Waals surface area (Å²) >= 11 is 3.12. The summed E-state index contributed by atoms with van der Waals surface area (Å²) in [6.07, 6.45) is 2.85. The standard InChI is InChI=1S/C8H10BrN3O2/c1-8(2,14)7(13)12-6-4-10-5(9)3-11-6/h3-4,14H,1-2H3,(H,11,12,13). The molecule has 0 radical (unpaired) electrons. The van der Waals surface area contributed by atoms with Gasteiger partial charge in [-0.3, -0.25) is 4.79 Å². The molecule has 0 atom stereocenters. The molecule has 1 amide bonds. The Kier molecular flexibility index (Phi) is 3.17. The third-order valence-electron chi connectivity index (χ3n) is 1.42. The fourth-order valence-corrected chi connectivity index (χ4v) is 0.851. The number of carbonyl (C=O) groups is 1. The van der Waals surface area contributed by atoms with Crippen molar-refractivity contribution in [2.45, 2.75) is 19.4 Å². The lowest BCUT2D eigenvalue weighted by atomic mass is 10.1. The Morgan fingerprint density at radius 3 is 2.57 bits per heavy atom. The number of aliphatic hydroxyl groups is 1. The largest absolute Gasteiger partial charge is 0.381 e. The maximum atomic E-state index is 11.3. The van der Waals surface area contributed by atoms with E-state index in [0.717, 1.165) is 0 Å². The molecule has 0 saturated carbocycles. The summed E-state index contributed by atoms with van der Waals surface area (Å²) in [5.41, 5.74) is -1.42. The van der Waals surface area contributed by atoms with Crippen molar-refractivity contribution in [1.82, 2.24) is 9.97 Å². The molecule has 14 heavy (non-hydrogen) atoms. The van der Waals surface area contributed by atoms with E-state index in [-0.39, 0.29) is 0 Å². The van der Waals surface area contributed by atoms with E-state index in [1.807, 2.05) is 0 Å². The minimum atomic E-state index is -1.42. The molecule has 1 aromatic rings. The van der Waals surface area contributed by atoms with E-state index >= 15 is 0 Å². The Morgan fingerprint density at radius 2 is 2.14 bits per heavy atom. The first-order valence-corrected chi connectivity index (χ1v) is 4.70. The fraction of sp³-hybridized carbons (Fsp3) is 0.375. The number of nitrogens with one attached hydrogen (secondary N) is 1. The van der Waals surface area contributed by atoms with Crippen LogP contribution < -0.4 is 5.32 Å². The number of halogens is 1. The number of aromatic nitrogens is 2. The number of rotatable bonds is 2. The minimum absolute atomic E-state index is 0.306. The SMILES string of the molecule is CC(C)(O)C(=O)Nc1cnc(Br)cn1. The Morgan fingerprint density at radius 1 is 1.50 bits per heavy atom. The molecule has 76 valence electrons. The minimum Gasteiger partial charge on any atom is -0.381 e. The summed E-state index contributed by atoms with van der Waals surface area (Å²) in [6.45, 7) is 2.79. The summed E-state index contributed by atoms with van der Waals surface area (Å²) in [7, 11) is 0. The van der Waals surface area contributed by atoms with Crippen LogP contribution in [0, 0.1) is 0 Å². The zero-order valence-electron chi connectivity index (χ0n) is 7.78. The van der Waals surface area contributed by atoms with E-state index in [0.29, 0.717) is 10.4 Å². The summed E-state index contributed by atoms with van der Waals surface area (Å²) in [5, 5.41) is 11.8. The van der Waals surface area contributed by atoms with E-state index in [1.165, 1.54) is 26.2 Å². The average molecular weight is 260 g/mol. The van der Waals surface area contributed by atoms with E-state index in [4.69, 9.17) is 0 Å². The number of amides is 1. The van der Waals surface area contributed by atoms with Crippen molar-refractivity contribution in [3.05, 3.63) is 17.0 Å². The predicted octanol–water partition coefficient (Wildman–Crippen LogP) is 0.949. The molecule has 0 saturated heterocycles. The van der Waals surface area contributed by atoms with Crippen LogP contribution >= 0.6 is 15.9 Å². The van der Waals surface area contributed by atoms with E-state index in [9.17, 15) is 9.90 Å². The second-order valence-electron chi connectivity index (χ2n) is 3.24. The molecule has 1 rings (SSSR count). The monoisotopic (exact) mass is 259 g/mol. The smallest absolute Gasteiger partial charge is 0.256 e. The van der Waals surface area contributed by atoms with Gasteiger partial charge in [0.15, 0.2) is 5.82 Å². The topological polar surface area (TPSA) is 75.1 Å². The van der Waals surface area contributed by atoms with Gasteiger partial charge in [-0.1, -0.05) is 0 Å². The van der Waals surface area contributed by atoms with Gasteiger partial charge in [0.2, 0.25) is 0 Å². The van der Waals surface area contributed by atoms with Crippen LogP contribution in [-0.4, -0.2) is 26.6 Å². The average Bonchev–Trinajstić information content (AvgIpc) is 2.07. The molecule has 1 heterocycles. The van der Waals surface area contributed by atoms with Gasteiger partial charge in [0.25, 0.3) is 5.91 Å². The molecule has 6 heteroatoms. The van der Waals surface area contributed by atoms with Gasteiger partial charge < -0.3 is 10.4 Å². The molecule has 0 aliphatic heterocycles. The zero-order chi connectivity index (χ0) is 10.8. The van der Waals surface area contributed by atoms with Crippen LogP contribution in [0.3, 0.4) is 0 Å². The first kappa shape index (κ1) is 11.1. The Labute approximate surface area is 89.7 Å². The first-order valence-electron chi connectivity index (χ1n) is 3.91. The second kappa shape index (κ2) is 4.02. The van der Waals surface area contributed by atoms with Crippen LogP contribution in [0.25, 0.3) is 0 Å². The van der Waals surface area contributed by atoms with Crippen molar-refractivity contribution < 1.29 is 9.90 Å². The van der Waals surface area contributed by atoms with E-state index < -0.39 is 11.5 Å². The maximum Gasteiger partial charge on any atom is 0.256 e. The third kappa shape index (κ3) is 3.04. The Hall–Kier alpha value is -1.01. The molecular formula is C8H10BrN3O2. The number of anilines is 1. The summed E-state index contributed by atoms with van der Waals surface area (Å²) in [5.74, 6) is -0.213. The lowest BCUT2D eigenvalue weighted by Crippen LogP contribution is -2.36. The molecule has 0 spiro atoms. The molecule has 5 nitrogen and oxygen atoms in total. The van der Waals surface area contributed by atoms with Crippen molar-refractivity contribution >= 4 is 27.7 Å². The Bertz CT molecular complexity index is 331. The highest BCUT2D eigenvalue weighted by Gasteiger charge is 2.23. The maximum absolute atomic E-state index is 11.3. The van der Waals surface area contributed by atoms with Crippen LogP contribution in [0.1, 0.15) is 13.8 Å². The highest BCUT2D eigenvalue weighted by atomic mass is 79.9. The molecule has 0 aliphatic carbocycles. The van der Waals surface area contributed by atoms with Gasteiger partial charge >= 0.3 is 0 Å². The molecule has 2 N–H and O–H groups in total. The highest BCUT2D eigenvalue weighted by molar-refractivity contribution is 9.10. The number of carbonyl (C=O) groups excluding carboxylic acids is 1. The molecule has 0 bridgehead atoms. The van der Waals surface area contributed by atoms with Crippen LogP contribution in [0.5, 0.6) is 0 Å². The third-order valence-corrected chi connectivity index (χ3v) is 1.83. The van der Waals surface area contributed by atoms with Crippen LogP contribution in [0.2, 0.25) is 0 Å². The molecule has 1 aromatic heterocycles. The normalized spacial score (nSPS) is 11.1. The van der Waals surface area contributed by atoms with Gasteiger partial charge in [-0.05, 0) is 29.8 Å². The Balaban J connectivity index is 2.71. The number of hydrogen-bond acceptors (Lipinski definition) is 4. The molecule has 0 aliphatic rings. The van der Waals surface area contributed by atoms with Crippen molar-refractivity contribution in [3.8, 4) is 0 Å². The van der Waals surface area contributed by atoms with Gasteiger partial charge in [-0.25, -0.2) is 9.97 Å². The second-order valence-corrected chi connectivity index (χ2v) is 4.05. The molecule has 0 fully saturated rings. The van der Waals surface area contributed by atoms with Gasteiger partial charge in [-0.15, -0.1) is 0 Å². The highest BCUT2D eigenvalue weighted by Crippen LogP contribution is 2.09. The van der Waals surface area contributed by atoms with Crippen molar-refractivity contribution in [3.63, 3.8) is 0 Å². The fourth-order valence-electron chi connectivity index (χ4n) is 0.646. The van der Waals surface area contributed by atoms with Gasteiger partial charge in [-0.2, -0.15) is 0 Å². The molecule has 0 aromatic carbocycles. The summed E-state index contributed by atoms with van der Waals surface area (Å²) < 4.78 is 0.582. The quantitative estimate of drug-likeness (QED) is 0.830. The lowest BCUT2D eigenvalue weighted by molar-refractivity contribution is -0.130.